The van der Waals surface area contributed by atoms with Crippen molar-refractivity contribution in [1.82, 2.24) is 0 Å². The summed E-state index contributed by atoms with van der Waals surface area (Å²) in [4.78, 5) is 0. The molecule has 1 N–H and O–H groups in total. The third-order valence-electron chi connectivity index (χ3n) is 3.03. The van der Waals surface area contributed by atoms with Crippen LogP contribution in [0.15, 0.2) is 35.3 Å². The van der Waals surface area contributed by atoms with Gasteiger partial charge in [-0.2, -0.15) is 8.78 Å². The van der Waals surface area contributed by atoms with Crippen molar-refractivity contribution in [2.45, 2.75) is 32.0 Å². The first-order valence-corrected chi connectivity index (χ1v) is 9.43. The van der Waals surface area contributed by atoms with E-state index in [1.807, 2.05) is 0 Å². The molecule has 1 rings (SSSR count). The van der Waals surface area contributed by atoms with Crippen molar-refractivity contribution < 1.29 is 27.5 Å². The Balaban J connectivity index is 3.27. The van der Waals surface area contributed by atoms with Crippen LogP contribution in [0.2, 0.25) is 0 Å². The second-order valence-electron chi connectivity index (χ2n) is 4.65. The highest BCUT2D eigenvalue weighted by Gasteiger charge is 2.55. The van der Waals surface area contributed by atoms with Gasteiger partial charge in [-0.1, -0.05) is 34.1 Å². The monoisotopic (exact) mass is 412 g/mol. The highest BCUT2D eigenvalue weighted by atomic mass is 79.9. The Morgan fingerprint density at radius 1 is 1.39 bits per heavy atom. The molecule has 1 unspecified atom stereocenters. The zero-order valence-corrected chi connectivity index (χ0v) is 15.4. The molecule has 1 aromatic rings. The standard InChI is InChI=1S/C15H20BrF2O4P/c1-4-7-14(19)11-8-9-12(13(16)10-11)15(17,18)23(20,21-5-2)22-6-3/h4,8-10,14,19H,1,5-7H2,2-3H3. The summed E-state index contributed by atoms with van der Waals surface area (Å²) in [6.45, 7) is 6.11. The fraction of sp³-hybridized carbons (Fsp3) is 0.467. The Labute approximate surface area is 143 Å². The van der Waals surface area contributed by atoms with Crippen molar-refractivity contribution in [3.8, 4) is 0 Å². The minimum atomic E-state index is -4.66. The molecule has 0 amide bonds. The van der Waals surface area contributed by atoms with Crippen LogP contribution in [0.4, 0.5) is 8.78 Å². The Kier molecular flexibility index (Phi) is 7.55. The Bertz CT molecular complexity index is 585. The molecule has 23 heavy (non-hydrogen) atoms. The van der Waals surface area contributed by atoms with Crippen LogP contribution in [-0.4, -0.2) is 18.3 Å². The maximum Gasteiger partial charge on any atom is 0.404 e. The van der Waals surface area contributed by atoms with Crippen LogP contribution in [0.25, 0.3) is 0 Å². The molecular weight excluding hydrogens is 393 g/mol. The summed E-state index contributed by atoms with van der Waals surface area (Å²) in [5.41, 5.74) is -3.89. The smallest absolute Gasteiger partial charge is 0.388 e. The van der Waals surface area contributed by atoms with E-state index in [9.17, 15) is 18.5 Å². The number of halogens is 3. The number of alkyl halides is 2. The number of hydrogen-bond donors (Lipinski definition) is 1. The molecule has 0 bridgehead atoms. The van der Waals surface area contributed by atoms with Crippen LogP contribution in [0.1, 0.15) is 37.5 Å². The predicted octanol–water partition coefficient (Wildman–Crippen LogP) is 5.37. The maximum absolute atomic E-state index is 14.7. The third kappa shape index (κ3) is 4.48. The Hall–Kier alpha value is -0.590. The lowest BCUT2D eigenvalue weighted by Crippen LogP contribution is -2.19. The summed E-state index contributed by atoms with van der Waals surface area (Å²) >= 11 is 3.05. The van der Waals surface area contributed by atoms with Crippen molar-refractivity contribution >= 4 is 23.5 Å². The number of hydrogen-bond acceptors (Lipinski definition) is 4. The minimum Gasteiger partial charge on any atom is -0.388 e. The van der Waals surface area contributed by atoms with E-state index in [4.69, 9.17) is 9.05 Å². The average Bonchev–Trinajstić information content (AvgIpc) is 2.47. The molecule has 0 fully saturated rings. The molecule has 4 nitrogen and oxygen atoms in total. The topological polar surface area (TPSA) is 55.8 Å². The summed E-state index contributed by atoms with van der Waals surface area (Å²) in [5.74, 6) is 0. The van der Waals surface area contributed by atoms with Gasteiger partial charge in [0.1, 0.15) is 0 Å². The van der Waals surface area contributed by atoms with E-state index >= 15 is 0 Å². The van der Waals surface area contributed by atoms with E-state index in [-0.39, 0.29) is 17.7 Å². The highest BCUT2D eigenvalue weighted by Crippen LogP contribution is 2.67. The van der Waals surface area contributed by atoms with E-state index in [0.717, 1.165) is 6.07 Å². The van der Waals surface area contributed by atoms with Crippen LogP contribution in [0.5, 0.6) is 0 Å². The van der Waals surface area contributed by atoms with Crippen LogP contribution in [-0.2, 0) is 19.3 Å². The van der Waals surface area contributed by atoms with Crippen LogP contribution in [0, 0.1) is 0 Å². The summed E-state index contributed by atoms with van der Waals surface area (Å²) in [5, 5.41) is 9.88. The number of aliphatic hydroxyl groups is 1. The largest absolute Gasteiger partial charge is 0.404 e. The quantitative estimate of drug-likeness (QED) is 0.437. The highest BCUT2D eigenvalue weighted by molar-refractivity contribution is 9.10. The molecule has 0 heterocycles. The molecule has 0 aliphatic heterocycles. The lowest BCUT2D eigenvalue weighted by atomic mass is 10.0. The second kappa shape index (κ2) is 8.49. The summed E-state index contributed by atoms with van der Waals surface area (Å²) < 4.78 is 51.4. The van der Waals surface area contributed by atoms with Gasteiger partial charge in [0, 0.05) is 10.0 Å². The van der Waals surface area contributed by atoms with Gasteiger partial charge in [-0.3, -0.25) is 4.57 Å². The SMILES string of the molecule is C=CCC(O)c1ccc(C(F)(F)P(=O)(OCC)OCC)c(Br)c1. The van der Waals surface area contributed by atoms with Gasteiger partial charge in [-0.05, 0) is 31.9 Å². The first-order valence-electron chi connectivity index (χ1n) is 7.09. The van der Waals surface area contributed by atoms with E-state index in [2.05, 4.69) is 22.5 Å². The van der Waals surface area contributed by atoms with Crippen molar-refractivity contribution in [3.63, 3.8) is 0 Å². The molecule has 0 radical (unpaired) electrons. The normalized spacial score (nSPS) is 13.8. The van der Waals surface area contributed by atoms with Crippen LogP contribution < -0.4 is 0 Å². The molecule has 1 atom stereocenters. The van der Waals surface area contributed by atoms with E-state index in [1.54, 1.807) is 0 Å². The lowest BCUT2D eigenvalue weighted by Gasteiger charge is -2.27. The van der Waals surface area contributed by atoms with Crippen molar-refractivity contribution in [2.75, 3.05) is 13.2 Å². The maximum atomic E-state index is 14.7. The van der Waals surface area contributed by atoms with Crippen molar-refractivity contribution in [2.24, 2.45) is 0 Å². The van der Waals surface area contributed by atoms with Gasteiger partial charge < -0.3 is 14.2 Å². The summed E-state index contributed by atoms with van der Waals surface area (Å²) in [6.07, 6.45) is 0.968. The second-order valence-corrected chi connectivity index (χ2v) is 7.58. The molecule has 0 saturated carbocycles. The van der Waals surface area contributed by atoms with E-state index < -0.39 is 24.9 Å². The molecular formula is C15H20BrF2O4P. The first kappa shape index (κ1) is 20.5. The van der Waals surface area contributed by atoms with Crippen LogP contribution >= 0.6 is 23.5 Å². The van der Waals surface area contributed by atoms with Gasteiger partial charge in [0.05, 0.1) is 19.3 Å². The van der Waals surface area contributed by atoms with Crippen molar-refractivity contribution in [3.05, 3.63) is 46.5 Å². The summed E-state index contributed by atoms with van der Waals surface area (Å²) in [7, 11) is -4.66. The molecule has 0 saturated heterocycles. The Morgan fingerprint density at radius 3 is 2.39 bits per heavy atom. The van der Waals surface area contributed by atoms with E-state index in [1.165, 1.54) is 32.1 Å². The van der Waals surface area contributed by atoms with Gasteiger partial charge in [0.25, 0.3) is 0 Å². The number of aliphatic hydroxyl groups excluding tert-OH is 1. The average molecular weight is 413 g/mol. The molecule has 8 heteroatoms. The fourth-order valence-corrected chi connectivity index (χ4v) is 4.33. The third-order valence-corrected chi connectivity index (χ3v) is 5.82. The fourth-order valence-electron chi connectivity index (χ4n) is 1.96. The first-order chi connectivity index (χ1) is 10.7. The predicted molar refractivity (Wildman–Crippen MR) is 88.7 cm³/mol. The number of benzene rings is 1. The van der Waals surface area contributed by atoms with Gasteiger partial charge in [-0.25, -0.2) is 0 Å². The summed E-state index contributed by atoms with van der Waals surface area (Å²) in [6, 6.07) is 3.82. The Morgan fingerprint density at radius 2 is 1.96 bits per heavy atom. The van der Waals surface area contributed by atoms with Gasteiger partial charge >= 0.3 is 13.3 Å². The van der Waals surface area contributed by atoms with Gasteiger partial charge in [-0.15, -0.1) is 6.58 Å². The zero-order chi connectivity index (χ0) is 17.7. The minimum absolute atomic E-state index is 0.0164. The zero-order valence-electron chi connectivity index (χ0n) is 13.0. The van der Waals surface area contributed by atoms with Gasteiger partial charge in [0.15, 0.2) is 0 Å². The molecule has 0 aliphatic rings. The van der Waals surface area contributed by atoms with Crippen molar-refractivity contribution in [1.29, 1.82) is 0 Å². The number of rotatable bonds is 9. The molecule has 0 spiro atoms. The van der Waals surface area contributed by atoms with Gasteiger partial charge in [0.2, 0.25) is 0 Å². The van der Waals surface area contributed by atoms with E-state index in [0.29, 0.717) is 12.0 Å². The molecule has 0 aromatic heterocycles. The molecule has 0 aliphatic carbocycles. The molecule has 130 valence electrons. The molecule has 1 aromatic carbocycles. The lowest BCUT2D eigenvalue weighted by molar-refractivity contribution is 0.0354. The van der Waals surface area contributed by atoms with Crippen LogP contribution in [0.3, 0.4) is 0 Å².